The van der Waals surface area contributed by atoms with Crippen LogP contribution in [0.5, 0.6) is 0 Å². The summed E-state index contributed by atoms with van der Waals surface area (Å²) >= 11 is 5.64. The molecular formula is C12H14ClN3O2. The maximum atomic E-state index is 12.2. The zero-order valence-electron chi connectivity index (χ0n) is 9.79. The van der Waals surface area contributed by atoms with Crippen molar-refractivity contribution in [1.29, 1.82) is 0 Å². The smallest absolute Gasteiger partial charge is 0.274 e. The molecule has 3 rings (SSSR count). The van der Waals surface area contributed by atoms with Crippen molar-refractivity contribution in [3.8, 4) is 0 Å². The van der Waals surface area contributed by atoms with E-state index >= 15 is 0 Å². The number of aliphatic hydroxyl groups excluding tert-OH is 1. The first-order valence-corrected chi connectivity index (χ1v) is 6.48. The van der Waals surface area contributed by atoms with E-state index in [9.17, 15) is 9.90 Å². The van der Waals surface area contributed by atoms with Gasteiger partial charge in [0.25, 0.3) is 5.91 Å². The lowest BCUT2D eigenvalue weighted by Gasteiger charge is -2.17. The van der Waals surface area contributed by atoms with Crippen molar-refractivity contribution >= 4 is 17.5 Å². The topological polar surface area (TPSA) is 66.3 Å². The molecule has 1 amide bonds. The Morgan fingerprint density at radius 3 is 2.83 bits per heavy atom. The SMILES string of the molecule is O=C(c1cnc(Cl)cn1)N1CC2CCC(O)C2C1. The van der Waals surface area contributed by atoms with Crippen LogP contribution in [0.2, 0.25) is 5.15 Å². The number of hydrogen-bond donors (Lipinski definition) is 1. The second-order valence-electron chi connectivity index (χ2n) is 5.00. The highest BCUT2D eigenvalue weighted by molar-refractivity contribution is 6.29. The molecule has 3 atom stereocenters. The van der Waals surface area contributed by atoms with E-state index in [-0.39, 0.29) is 23.1 Å². The number of hydrogen-bond acceptors (Lipinski definition) is 4. The van der Waals surface area contributed by atoms with Crippen LogP contribution in [-0.2, 0) is 0 Å². The first-order valence-electron chi connectivity index (χ1n) is 6.10. The van der Waals surface area contributed by atoms with Gasteiger partial charge in [0.1, 0.15) is 10.8 Å². The molecular weight excluding hydrogens is 254 g/mol. The third-order valence-corrected chi connectivity index (χ3v) is 4.14. The first-order chi connectivity index (χ1) is 8.65. The Hall–Kier alpha value is -1.20. The number of amides is 1. The van der Waals surface area contributed by atoms with E-state index in [0.717, 1.165) is 12.8 Å². The highest BCUT2D eigenvalue weighted by atomic mass is 35.5. The molecule has 1 aromatic heterocycles. The summed E-state index contributed by atoms with van der Waals surface area (Å²) < 4.78 is 0. The van der Waals surface area contributed by atoms with Crippen LogP contribution >= 0.6 is 11.6 Å². The molecule has 1 aliphatic heterocycles. The van der Waals surface area contributed by atoms with Crippen LogP contribution in [0.25, 0.3) is 0 Å². The van der Waals surface area contributed by atoms with Crippen molar-refractivity contribution in [3.63, 3.8) is 0 Å². The zero-order valence-corrected chi connectivity index (χ0v) is 10.5. The molecule has 2 aliphatic rings. The molecule has 18 heavy (non-hydrogen) atoms. The number of carbonyl (C=O) groups is 1. The van der Waals surface area contributed by atoms with Gasteiger partial charge < -0.3 is 10.0 Å². The molecule has 1 aromatic rings. The van der Waals surface area contributed by atoms with Gasteiger partial charge in [0, 0.05) is 19.0 Å². The van der Waals surface area contributed by atoms with E-state index in [1.165, 1.54) is 12.4 Å². The molecule has 1 saturated heterocycles. The standard InChI is InChI=1S/C12H14ClN3O2/c13-11-4-14-9(3-15-11)12(18)16-5-7-1-2-10(17)8(7)6-16/h3-4,7-8,10,17H,1-2,5-6H2. The number of halogens is 1. The van der Waals surface area contributed by atoms with E-state index < -0.39 is 0 Å². The predicted molar refractivity (Wildman–Crippen MR) is 65.2 cm³/mol. The summed E-state index contributed by atoms with van der Waals surface area (Å²) in [5.74, 6) is 0.541. The van der Waals surface area contributed by atoms with Crippen molar-refractivity contribution in [1.82, 2.24) is 14.9 Å². The van der Waals surface area contributed by atoms with E-state index in [1.54, 1.807) is 4.90 Å². The quantitative estimate of drug-likeness (QED) is 0.824. The molecule has 6 heteroatoms. The molecule has 0 bridgehead atoms. The van der Waals surface area contributed by atoms with E-state index in [4.69, 9.17) is 11.6 Å². The van der Waals surface area contributed by atoms with Gasteiger partial charge in [0.2, 0.25) is 0 Å². The minimum atomic E-state index is -0.260. The fourth-order valence-electron chi connectivity index (χ4n) is 2.99. The maximum absolute atomic E-state index is 12.2. The van der Waals surface area contributed by atoms with Crippen LogP contribution in [0.1, 0.15) is 23.3 Å². The highest BCUT2D eigenvalue weighted by Gasteiger charge is 2.43. The zero-order chi connectivity index (χ0) is 12.7. The Labute approximate surface area is 110 Å². The van der Waals surface area contributed by atoms with Gasteiger partial charge >= 0.3 is 0 Å². The lowest BCUT2D eigenvalue weighted by molar-refractivity contribution is 0.0746. The lowest BCUT2D eigenvalue weighted by Crippen LogP contribution is -2.31. The molecule has 5 nitrogen and oxygen atoms in total. The van der Waals surface area contributed by atoms with Gasteiger partial charge in [-0.05, 0) is 18.8 Å². The number of carbonyl (C=O) groups excluding carboxylic acids is 1. The summed E-state index contributed by atoms with van der Waals surface area (Å²) in [5, 5.41) is 10.1. The van der Waals surface area contributed by atoms with Gasteiger partial charge in [0.05, 0.1) is 18.5 Å². The molecule has 0 radical (unpaired) electrons. The second kappa shape index (κ2) is 4.48. The Balaban J connectivity index is 1.73. The number of fused-ring (bicyclic) bond motifs is 1. The minimum absolute atomic E-state index is 0.124. The van der Waals surface area contributed by atoms with E-state index in [1.807, 2.05) is 0 Å². The average Bonchev–Trinajstić information content (AvgIpc) is 2.92. The molecule has 3 unspecified atom stereocenters. The molecule has 2 heterocycles. The van der Waals surface area contributed by atoms with Crippen molar-refractivity contribution in [3.05, 3.63) is 23.2 Å². The van der Waals surface area contributed by atoms with Crippen LogP contribution in [-0.4, -0.2) is 45.1 Å². The second-order valence-corrected chi connectivity index (χ2v) is 5.39. The fourth-order valence-corrected chi connectivity index (χ4v) is 3.08. The molecule has 1 aliphatic carbocycles. The minimum Gasteiger partial charge on any atom is -0.393 e. The number of rotatable bonds is 1. The van der Waals surface area contributed by atoms with Crippen LogP contribution in [0.4, 0.5) is 0 Å². The molecule has 96 valence electrons. The van der Waals surface area contributed by atoms with Gasteiger partial charge in [-0.3, -0.25) is 4.79 Å². The van der Waals surface area contributed by atoms with Gasteiger partial charge in [-0.2, -0.15) is 0 Å². The van der Waals surface area contributed by atoms with Crippen molar-refractivity contribution in [2.75, 3.05) is 13.1 Å². The highest BCUT2D eigenvalue weighted by Crippen LogP contribution is 2.38. The number of nitrogens with zero attached hydrogens (tertiary/aromatic N) is 3. The number of likely N-dealkylation sites (tertiary alicyclic amines) is 1. The summed E-state index contributed by atoms with van der Waals surface area (Å²) in [6, 6.07) is 0. The van der Waals surface area contributed by atoms with Crippen molar-refractivity contribution < 1.29 is 9.90 Å². The van der Waals surface area contributed by atoms with Gasteiger partial charge in [0.15, 0.2) is 0 Å². The Bertz CT molecular complexity index is 465. The third-order valence-electron chi connectivity index (χ3n) is 3.95. The largest absolute Gasteiger partial charge is 0.393 e. The summed E-state index contributed by atoms with van der Waals surface area (Å²) in [4.78, 5) is 21.8. The molecule has 0 aromatic carbocycles. The fraction of sp³-hybridized carbons (Fsp3) is 0.583. The average molecular weight is 268 g/mol. The summed E-state index contributed by atoms with van der Waals surface area (Å²) in [5.41, 5.74) is 0.314. The normalized spacial score (nSPS) is 30.6. The van der Waals surface area contributed by atoms with Crippen molar-refractivity contribution in [2.24, 2.45) is 11.8 Å². The van der Waals surface area contributed by atoms with E-state index in [2.05, 4.69) is 9.97 Å². The van der Waals surface area contributed by atoms with Crippen LogP contribution in [0.3, 0.4) is 0 Å². The molecule has 0 spiro atoms. The Morgan fingerprint density at radius 2 is 2.17 bits per heavy atom. The van der Waals surface area contributed by atoms with E-state index in [0.29, 0.717) is 24.7 Å². The van der Waals surface area contributed by atoms with Gasteiger partial charge in [-0.15, -0.1) is 0 Å². The summed E-state index contributed by atoms with van der Waals surface area (Å²) in [7, 11) is 0. The maximum Gasteiger partial charge on any atom is 0.274 e. The Morgan fingerprint density at radius 1 is 1.33 bits per heavy atom. The predicted octanol–water partition coefficient (Wildman–Crippen LogP) is 0.973. The molecule has 1 saturated carbocycles. The monoisotopic (exact) mass is 267 g/mol. The number of aromatic nitrogens is 2. The van der Waals surface area contributed by atoms with Gasteiger partial charge in [-0.1, -0.05) is 11.6 Å². The third kappa shape index (κ3) is 1.97. The molecule has 2 fully saturated rings. The summed E-state index contributed by atoms with van der Waals surface area (Å²) in [6.45, 7) is 1.33. The Kier molecular flexibility index (Phi) is 2.95. The van der Waals surface area contributed by atoms with Gasteiger partial charge in [-0.25, -0.2) is 9.97 Å². The van der Waals surface area contributed by atoms with Crippen LogP contribution in [0.15, 0.2) is 12.4 Å². The van der Waals surface area contributed by atoms with Crippen LogP contribution in [0, 0.1) is 11.8 Å². The summed E-state index contributed by atoms with van der Waals surface area (Å²) in [6.07, 6.45) is 4.37. The van der Waals surface area contributed by atoms with Crippen LogP contribution < -0.4 is 0 Å². The first kappa shape index (κ1) is 11.9. The lowest BCUT2D eigenvalue weighted by atomic mass is 10.00. The molecule has 1 N–H and O–H groups in total. The van der Waals surface area contributed by atoms with Crippen molar-refractivity contribution in [2.45, 2.75) is 18.9 Å². The number of aliphatic hydroxyl groups is 1.